The van der Waals surface area contributed by atoms with Gasteiger partial charge in [0.05, 0.1) is 0 Å². The molecule has 2 aromatic carbocycles. The summed E-state index contributed by atoms with van der Waals surface area (Å²) < 4.78 is 0. The quantitative estimate of drug-likeness (QED) is 0.721. The fourth-order valence-corrected chi connectivity index (χ4v) is 3.71. The molecule has 0 unspecified atom stereocenters. The van der Waals surface area contributed by atoms with Crippen LogP contribution in [0.2, 0.25) is 0 Å². The number of benzene rings is 2. The molecule has 1 atom stereocenters. The lowest BCUT2D eigenvalue weighted by atomic mass is 9.94. The molecular formula is C22H27NO2. The monoisotopic (exact) mass is 337 g/mol. The molecule has 1 N–H and O–H groups in total. The number of rotatable bonds is 8. The van der Waals surface area contributed by atoms with Gasteiger partial charge in [0.15, 0.2) is 5.72 Å². The number of unbranched alkanes of at least 4 members (excludes halogenated alkanes) is 4. The molecule has 0 spiro atoms. The third-order valence-electron chi connectivity index (χ3n) is 5.06. The van der Waals surface area contributed by atoms with Crippen molar-refractivity contribution in [3.05, 3.63) is 71.3 Å². The number of amides is 1. The summed E-state index contributed by atoms with van der Waals surface area (Å²) in [6, 6.07) is 17.4. The Hall–Kier alpha value is -2.13. The zero-order chi connectivity index (χ0) is 17.7. The highest BCUT2D eigenvalue weighted by Crippen LogP contribution is 2.39. The molecule has 3 rings (SSSR count). The molecule has 0 aromatic heterocycles. The Morgan fingerprint density at radius 3 is 2.36 bits per heavy atom. The lowest BCUT2D eigenvalue weighted by Crippen LogP contribution is -2.46. The molecule has 0 bridgehead atoms. The van der Waals surface area contributed by atoms with Crippen LogP contribution < -0.4 is 0 Å². The summed E-state index contributed by atoms with van der Waals surface area (Å²) in [5.74, 6) is -0.0514. The van der Waals surface area contributed by atoms with E-state index in [1.54, 1.807) is 4.90 Å². The average molecular weight is 337 g/mol. The number of carbonyl (C=O) groups is 1. The van der Waals surface area contributed by atoms with E-state index < -0.39 is 5.72 Å². The van der Waals surface area contributed by atoms with Gasteiger partial charge in [0.2, 0.25) is 0 Å². The molecule has 0 saturated heterocycles. The van der Waals surface area contributed by atoms with Crippen LogP contribution in [0.3, 0.4) is 0 Å². The first-order valence-corrected chi connectivity index (χ1v) is 9.34. The lowest BCUT2D eigenvalue weighted by Gasteiger charge is -2.34. The van der Waals surface area contributed by atoms with Gasteiger partial charge in [-0.05, 0) is 18.1 Å². The zero-order valence-corrected chi connectivity index (χ0v) is 14.9. The van der Waals surface area contributed by atoms with Gasteiger partial charge in [-0.2, -0.15) is 0 Å². The SMILES string of the molecule is CCCCCCCN1C(=O)c2ccccc2[C@@]1(O)Cc1ccccc1. The lowest BCUT2D eigenvalue weighted by molar-refractivity contribution is -0.0841. The van der Waals surface area contributed by atoms with Gasteiger partial charge in [0.1, 0.15) is 0 Å². The predicted molar refractivity (Wildman–Crippen MR) is 100 cm³/mol. The van der Waals surface area contributed by atoms with Crippen LogP contribution in [0.1, 0.15) is 60.5 Å². The molecule has 0 fully saturated rings. The maximum Gasteiger partial charge on any atom is 0.256 e. The van der Waals surface area contributed by atoms with Crippen molar-refractivity contribution in [1.29, 1.82) is 0 Å². The van der Waals surface area contributed by atoms with E-state index in [0.29, 0.717) is 18.5 Å². The van der Waals surface area contributed by atoms with Crippen LogP contribution in [-0.2, 0) is 12.1 Å². The number of fused-ring (bicyclic) bond motifs is 1. The van der Waals surface area contributed by atoms with Crippen LogP contribution in [0.4, 0.5) is 0 Å². The summed E-state index contributed by atoms with van der Waals surface area (Å²) in [5.41, 5.74) is 1.15. The Labute approximate surface area is 150 Å². The molecule has 3 heteroatoms. The van der Waals surface area contributed by atoms with Gasteiger partial charge in [-0.25, -0.2) is 0 Å². The Kier molecular flexibility index (Phi) is 5.54. The Morgan fingerprint density at radius 1 is 0.920 bits per heavy atom. The first-order valence-electron chi connectivity index (χ1n) is 9.34. The van der Waals surface area contributed by atoms with Crippen molar-refractivity contribution in [3.8, 4) is 0 Å². The van der Waals surface area contributed by atoms with E-state index in [2.05, 4.69) is 6.92 Å². The minimum absolute atomic E-state index is 0.0514. The number of hydrogen-bond acceptors (Lipinski definition) is 2. The van der Waals surface area contributed by atoms with Crippen molar-refractivity contribution in [2.75, 3.05) is 6.54 Å². The summed E-state index contributed by atoms with van der Waals surface area (Å²) in [5, 5.41) is 11.5. The molecule has 0 aliphatic carbocycles. The van der Waals surface area contributed by atoms with Crippen molar-refractivity contribution >= 4 is 5.91 Å². The minimum atomic E-state index is -1.25. The van der Waals surface area contributed by atoms with Gasteiger partial charge < -0.3 is 10.0 Å². The second kappa shape index (κ2) is 7.83. The molecule has 1 amide bonds. The van der Waals surface area contributed by atoms with Crippen LogP contribution >= 0.6 is 0 Å². The first-order chi connectivity index (χ1) is 12.2. The molecule has 132 valence electrons. The normalized spacial score (nSPS) is 19.3. The Bertz CT molecular complexity index is 713. The van der Waals surface area contributed by atoms with Crippen molar-refractivity contribution in [3.63, 3.8) is 0 Å². The number of carbonyl (C=O) groups excluding carboxylic acids is 1. The van der Waals surface area contributed by atoms with Crippen molar-refractivity contribution < 1.29 is 9.90 Å². The molecule has 25 heavy (non-hydrogen) atoms. The van der Waals surface area contributed by atoms with E-state index in [1.807, 2.05) is 54.6 Å². The second-order valence-corrected chi connectivity index (χ2v) is 6.90. The van der Waals surface area contributed by atoms with E-state index in [1.165, 1.54) is 19.3 Å². The van der Waals surface area contributed by atoms with Crippen LogP contribution in [0.15, 0.2) is 54.6 Å². The molecule has 0 saturated carbocycles. The van der Waals surface area contributed by atoms with Crippen molar-refractivity contribution in [2.24, 2.45) is 0 Å². The van der Waals surface area contributed by atoms with Gasteiger partial charge >= 0.3 is 0 Å². The standard InChI is InChI=1S/C22H27NO2/c1-2-3-4-5-11-16-23-21(24)19-14-9-10-15-20(19)22(23,25)17-18-12-7-6-8-13-18/h6-10,12-15,25H,2-5,11,16-17H2,1H3/t22-/m0/s1. The third kappa shape index (κ3) is 3.62. The number of hydrogen-bond donors (Lipinski definition) is 1. The average Bonchev–Trinajstić information content (AvgIpc) is 2.84. The third-order valence-corrected chi connectivity index (χ3v) is 5.06. The first kappa shape index (κ1) is 17.7. The molecule has 1 aliphatic heterocycles. The molecule has 2 aromatic rings. The van der Waals surface area contributed by atoms with Gasteiger partial charge in [-0.3, -0.25) is 4.79 Å². The van der Waals surface area contributed by atoms with Crippen LogP contribution in [0.5, 0.6) is 0 Å². The molecular weight excluding hydrogens is 310 g/mol. The summed E-state index contributed by atoms with van der Waals surface area (Å²) in [6.07, 6.45) is 6.05. The van der Waals surface area contributed by atoms with Gasteiger partial charge in [0, 0.05) is 24.1 Å². The van der Waals surface area contributed by atoms with Crippen LogP contribution in [0.25, 0.3) is 0 Å². The fourth-order valence-electron chi connectivity index (χ4n) is 3.71. The van der Waals surface area contributed by atoms with Crippen molar-refractivity contribution in [1.82, 2.24) is 4.90 Å². The van der Waals surface area contributed by atoms with E-state index in [0.717, 1.165) is 24.0 Å². The summed E-state index contributed by atoms with van der Waals surface area (Å²) in [4.78, 5) is 14.6. The van der Waals surface area contributed by atoms with Crippen LogP contribution in [-0.4, -0.2) is 22.5 Å². The predicted octanol–water partition coefficient (Wildman–Crippen LogP) is 4.50. The number of nitrogens with zero attached hydrogens (tertiary/aromatic N) is 1. The van der Waals surface area contributed by atoms with Crippen LogP contribution in [0, 0.1) is 0 Å². The second-order valence-electron chi connectivity index (χ2n) is 6.90. The molecule has 1 aliphatic rings. The maximum absolute atomic E-state index is 12.9. The van der Waals surface area contributed by atoms with Crippen molar-refractivity contribution in [2.45, 2.75) is 51.2 Å². The molecule has 3 nitrogen and oxygen atoms in total. The Balaban J connectivity index is 1.83. The van der Waals surface area contributed by atoms with Gasteiger partial charge in [-0.1, -0.05) is 81.1 Å². The van der Waals surface area contributed by atoms with E-state index in [9.17, 15) is 9.90 Å². The number of aliphatic hydroxyl groups is 1. The largest absolute Gasteiger partial charge is 0.366 e. The summed E-state index contributed by atoms with van der Waals surface area (Å²) in [6.45, 7) is 2.79. The highest BCUT2D eigenvalue weighted by atomic mass is 16.3. The van der Waals surface area contributed by atoms with Gasteiger partial charge in [-0.15, -0.1) is 0 Å². The minimum Gasteiger partial charge on any atom is -0.366 e. The van der Waals surface area contributed by atoms with Gasteiger partial charge in [0.25, 0.3) is 5.91 Å². The van der Waals surface area contributed by atoms with E-state index >= 15 is 0 Å². The molecule has 1 heterocycles. The fraction of sp³-hybridized carbons (Fsp3) is 0.409. The maximum atomic E-state index is 12.9. The molecule has 0 radical (unpaired) electrons. The highest BCUT2D eigenvalue weighted by Gasteiger charge is 2.47. The zero-order valence-electron chi connectivity index (χ0n) is 14.9. The summed E-state index contributed by atoms with van der Waals surface area (Å²) in [7, 11) is 0. The van der Waals surface area contributed by atoms with E-state index in [4.69, 9.17) is 0 Å². The van der Waals surface area contributed by atoms with E-state index in [-0.39, 0.29) is 5.91 Å². The highest BCUT2D eigenvalue weighted by molar-refractivity contribution is 5.99. The smallest absolute Gasteiger partial charge is 0.256 e. The summed E-state index contributed by atoms with van der Waals surface area (Å²) >= 11 is 0. The Morgan fingerprint density at radius 2 is 1.60 bits per heavy atom. The topological polar surface area (TPSA) is 40.5 Å².